The highest BCUT2D eigenvalue weighted by Crippen LogP contribution is 2.30. The van der Waals surface area contributed by atoms with Gasteiger partial charge in [-0.05, 0) is 32.4 Å². The van der Waals surface area contributed by atoms with Gasteiger partial charge in [0.15, 0.2) is 0 Å². The Morgan fingerprint density at radius 2 is 2.17 bits per heavy atom. The van der Waals surface area contributed by atoms with Crippen LogP contribution in [0.3, 0.4) is 0 Å². The standard InChI is InChI=1S/C13H20N4S/c1-3-10-8-11-12(15-9-16-13(11)18-10)17(4-2)7-5-6-14/h8-9H,3-7,14H2,1-2H3. The number of anilines is 1. The Morgan fingerprint density at radius 3 is 2.83 bits per heavy atom. The lowest BCUT2D eigenvalue weighted by Gasteiger charge is -2.21. The number of hydrogen-bond acceptors (Lipinski definition) is 5. The molecule has 0 saturated heterocycles. The second-order valence-electron chi connectivity index (χ2n) is 4.20. The Hall–Kier alpha value is -1.20. The molecule has 0 fully saturated rings. The third-order valence-electron chi connectivity index (χ3n) is 3.02. The molecule has 0 amide bonds. The van der Waals surface area contributed by atoms with Crippen LogP contribution in [0.25, 0.3) is 10.2 Å². The summed E-state index contributed by atoms with van der Waals surface area (Å²) in [7, 11) is 0. The predicted octanol–water partition coefficient (Wildman–Crippen LogP) is 2.43. The zero-order valence-electron chi connectivity index (χ0n) is 11.0. The summed E-state index contributed by atoms with van der Waals surface area (Å²) in [6.07, 6.45) is 3.71. The minimum absolute atomic E-state index is 0.717. The van der Waals surface area contributed by atoms with Gasteiger partial charge in [0.2, 0.25) is 0 Å². The summed E-state index contributed by atoms with van der Waals surface area (Å²) < 4.78 is 0. The molecule has 2 heterocycles. The van der Waals surface area contributed by atoms with Gasteiger partial charge < -0.3 is 10.6 Å². The number of thiophene rings is 1. The SMILES string of the molecule is CCc1cc2c(N(CC)CCCN)ncnc2s1. The van der Waals surface area contributed by atoms with Gasteiger partial charge in [-0.25, -0.2) is 9.97 Å². The van der Waals surface area contributed by atoms with Crippen LogP contribution in [0.2, 0.25) is 0 Å². The fraction of sp³-hybridized carbons (Fsp3) is 0.538. The minimum atomic E-state index is 0.717. The number of nitrogens with zero attached hydrogens (tertiary/aromatic N) is 3. The topological polar surface area (TPSA) is 55.0 Å². The normalized spacial score (nSPS) is 11.1. The molecule has 0 bridgehead atoms. The van der Waals surface area contributed by atoms with E-state index in [1.54, 1.807) is 17.7 Å². The van der Waals surface area contributed by atoms with Gasteiger partial charge >= 0.3 is 0 Å². The first-order valence-corrected chi connectivity index (χ1v) is 7.30. The molecule has 2 N–H and O–H groups in total. The summed E-state index contributed by atoms with van der Waals surface area (Å²) in [5, 5.41) is 1.18. The molecule has 2 aromatic heterocycles. The van der Waals surface area contributed by atoms with Crippen molar-refractivity contribution in [3.8, 4) is 0 Å². The number of rotatable bonds is 6. The minimum Gasteiger partial charge on any atom is -0.356 e. The van der Waals surface area contributed by atoms with E-state index in [-0.39, 0.29) is 0 Å². The molecule has 0 radical (unpaired) electrons. The smallest absolute Gasteiger partial charge is 0.140 e. The zero-order valence-corrected chi connectivity index (χ0v) is 11.8. The predicted molar refractivity (Wildman–Crippen MR) is 78.4 cm³/mol. The van der Waals surface area contributed by atoms with E-state index in [0.29, 0.717) is 6.54 Å². The van der Waals surface area contributed by atoms with E-state index in [2.05, 4.69) is 34.8 Å². The quantitative estimate of drug-likeness (QED) is 0.870. The van der Waals surface area contributed by atoms with E-state index < -0.39 is 0 Å². The van der Waals surface area contributed by atoms with E-state index in [9.17, 15) is 0 Å². The van der Waals surface area contributed by atoms with E-state index in [0.717, 1.165) is 36.6 Å². The first kappa shape index (κ1) is 13.2. The summed E-state index contributed by atoms with van der Waals surface area (Å²) in [6.45, 7) is 6.94. The molecular formula is C13H20N4S. The van der Waals surface area contributed by atoms with Crippen molar-refractivity contribution in [3.63, 3.8) is 0 Å². The Bertz CT molecular complexity index is 509. The van der Waals surface area contributed by atoms with E-state index in [1.807, 2.05) is 0 Å². The Kier molecular flexibility index (Phi) is 4.49. The van der Waals surface area contributed by atoms with E-state index in [4.69, 9.17) is 5.73 Å². The number of aryl methyl sites for hydroxylation is 1. The highest BCUT2D eigenvalue weighted by Gasteiger charge is 2.12. The van der Waals surface area contributed by atoms with Gasteiger partial charge in [-0.3, -0.25) is 0 Å². The molecule has 2 aromatic rings. The number of nitrogens with two attached hydrogens (primary N) is 1. The van der Waals surface area contributed by atoms with Gasteiger partial charge in [0.05, 0.1) is 5.39 Å². The molecule has 2 rings (SSSR count). The molecular weight excluding hydrogens is 244 g/mol. The maximum atomic E-state index is 5.59. The second kappa shape index (κ2) is 6.11. The Morgan fingerprint density at radius 1 is 1.33 bits per heavy atom. The van der Waals surface area contributed by atoms with Crippen molar-refractivity contribution >= 4 is 27.4 Å². The first-order chi connectivity index (χ1) is 8.80. The maximum Gasteiger partial charge on any atom is 0.140 e. The summed E-state index contributed by atoms with van der Waals surface area (Å²) in [6, 6.07) is 2.22. The van der Waals surface area contributed by atoms with Crippen molar-refractivity contribution in [1.82, 2.24) is 9.97 Å². The lowest BCUT2D eigenvalue weighted by molar-refractivity contribution is 0.747. The number of fused-ring (bicyclic) bond motifs is 1. The zero-order chi connectivity index (χ0) is 13.0. The maximum absolute atomic E-state index is 5.59. The van der Waals surface area contributed by atoms with Gasteiger partial charge in [0, 0.05) is 18.0 Å². The number of hydrogen-bond donors (Lipinski definition) is 1. The Balaban J connectivity index is 2.38. The van der Waals surface area contributed by atoms with Gasteiger partial charge in [0.25, 0.3) is 0 Å². The largest absolute Gasteiger partial charge is 0.356 e. The monoisotopic (exact) mass is 264 g/mol. The molecule has 0 aliphatic heterocycles. The van der Waals surface area contributed by atoms with Crippen LogP contribution in [0.4, 0.5) is 5.82 Å². The highest BCUT2D eigenvalue weighted by molar-refractivity contribution is 7.18. The lowest BCUT2D eigenvalue weighted by atomic mass is 10.3. The van der Waals surface area contributed by atoms with Crippen LogP contribution >= 0.6 is 11.3 Å². The summed E-state index contributed by atoms with van der Waals surface area (Å²) in [4.78, 5) is 13.6. The highest BCUT2D eigenvalue weighted by atomic mass is 32.1. The molecule has 0 atom stereocenters. The third kappa shape index (κ3) is 2.62. The fourth-order valence-corrected chi connectivity index (χ4v) is 2.94. The van der Waals surface area contributed by atoms with Crippen molar-refractivity contribution in [3.05, 3.63) is 17.3 Å². The van der Waals surface area contributed by atoms with Gasteiger partial charge in [-0.2, -0.15) is 0 Å². The average Bonchev–Trinajstić information content (AvgIpc) is 2.83. The van der Waals surface area contributed by atoms with Crippen LogP contribution in [0, 0.1) is 0 Å². The van der Waals surface area contributed by atoms with E-state index >= 15 is 0 Å². The van der Waals surface area contributed by atoms with Crippen LogP contribution in [0.5, 0.6) is 0 Å². The van der Waals surface area contributed by atoms with Crippen LogP contribution in [0.1, 0.15) is 25.1 Å². The Labute approximate surface area is 112 Å². The second-order valence-corrected chi connectivity index (χ2v) is 5.32. The number of aromatic nitrogens is 2. The molecule has 4 nitrogen and oxygen atoms in total. The van der Waals surface area contributed by atoms with Gasteiger partial charge in [-0.15, -0.1) is 11.3 Å². The van der Waals surface area contributed by atoms with Crippen LogP contribution in [0.15, 0.2) is 12.4 Å². The molecule has 0 spiro atoms. The van der Waals surface area contributed by atoms with Crippen LogP contribution in [-0.2, 0) is 6.42 Å². The van der Waals surface area contributed by atoms with Crippen molar-refractivity contribution in [1.29, 1.82) is 0 Å². The summed E-state index contributed by atoms with van der Waals surface area (Å²) in [5.41, 5.74) is 5.59. The first-order valence-electron chi connectivity index (χ1n) is 6.48. The van der Waals surface area contributed by atoms with E-state index in [1.165, 1.54) is 10.3 Å². The summed E-state index contributed by atoms with van der Waals surface area (Å²) in [5.74, 6) is 1.05. The van der Waals surface area contributed by atoms with Crippen LogP contribution in [-0.4, -0.2) is 29.6 Å². The molecule has 0 aliphatic rings. The molecule has 0 saturated carbocycles. The van der Waals surface area contributed by atoms with Crippen molar-refractivity contribution in [2.24, 2.45) is 5.73 Å². The molecule has 0 aliphatic carbocycles. The summed E-state index contributed by atoms with van der Waals surface area (Å²) >= 11 is 1.76. The molecule has 0 unspecified atom stereocenters. The van der Waals surface area contributed by atoms with Gasteiger partial charge in [0.1, 0.15) is 17.0 Å². The van der Waals surface area contributed by atoms with Crippen molar-refractivity contribution in [2.45, 2.75) is 26.7 Å². The molecule has 98 valence electrons. The third-order valence-corrected chi connectivity index (χ3v) is 4.21. The average molecular weight is 264 g/mol. The molecule has 0 aromatic carbocycles. The molecule has 18 heavy (non-hydrogen) atoms. The van der Waals surface area contributed by atoms with Crippen molar-refractivity contribution in [2.75, 3.05) is 24.5 Å². The fourth-order valence-electron chi connectivity index (χ4n) is 2.02. The van der Waals surface area contributed by atoms with Crippen LogP contribution < -0.4 is 10.6 Å². The lowest BCUT2D eigenvalue weighted by Crippen LogP contribution is -2.26. The van der Waals surface area contributed by atoms with Crippen molar-refractivity contribution < 1.29 is 0 Å². The molecule has 5 heteroatoms. The van der Waals surface area contributed by atoms with Gasteiger partial charge in [-0.1, -0.05) is 6.92 Å².